The van der Waals surface area contributed by atoms with Gasteiger partial charge in [-0.05, 0) is 0 Å². The third-order valence-corrected chi connectivity index (χ3v) is 1.28. The zero-order chi connectivity index (χ0) is 6.10. The maximum atomic E-state index is 4.92. The summed E-state index contributed by atoms with van der Waals surface area (Å²) < 4.78 is 4.92. The van der Waals surface area contributed by atoms with Crippen LogP contribution in [-0.4, -0.2) is 12.1 Å². The summed E-state index contributed by atoms with van der Waals surface area (Å²) >= 11 is 0. The summed E-state index contributed by atoms with van der Waals surface area (Å²) in [5.41, 5.74) is 0. The molecule has 0 radical (unpaired) electrons. The maximum absolute atomic E-state index is 4.92. The van der Waals surface area contributed by atoms with E-state index in [4.69, 9.17) is 4.33 Å². The van der Waals surface area contributed by atoms with E-state index in [1.165, 1.54) is 0 Å². The summed E-state index contributed by atoms with van der Waals surface area (Å²) in [4.78, 5) is 3.93. The molecule has 2 aromatic heterocycles. The first-order valence-electron chi connectivity index (χ1n) is 2.73. The second-order valence-electron chi connectivity index (χ2n) is 1.88. The van der Waals surface area contributed by atoms with Crippen LogP contribution in [-0.2, 0) is 0 Å². The number of rotatable bonds is 0. The zero-order valence-electron chi connectivity index (χ0n) is 4.74. The van der Waals surface area contributed by atoms with E-state index in [-0.39, 0.29) is 0 Å². The van der Waals surface area contributed by atoms with Crippen molar-refractivity contribution in [1.29, 1.82) is 0 Å². The summed E-state index contributed by atoms with van der Waals surface area (Å²) in [6, 6.07) is 1.92. The molecule has 42 valence electrons. The van der Waals surface area contributed by atoms with Crippen molar-refractivity contribution in [3.05, 3.63) is 24.7 Å². The number of pyridine rings is 1. The van der Waals surface area contributed by atoms with Gasteiger partial charge in [0, 0.05) is 0 Å². The molecule has 0 saturated heterocycles. The molecule has 0 amide bonds. The Morgan fingerprint density at radius 1 is 1.56 bits per heavy atom. The predicted octanol–water partition coefficient (Wildman–Crippen LogP) is 1.17. The Hall–Kier alpha value is -1.12. The second kappa shape index (κ2) is 1.69. The van der Waals surface area contributed by atoms with Gasteiger partial charge in [0.2, 0.25) is 0 Å². The normalized spacial score (nSPS) is 9.78. The van der Waals surface area contributed by atoms with Crippen LogP contribution in [0.4, 0.5) is 0 Å². The quantitative estimate of drug-likeness (QED) is 0.517. The van der Waals surface area contributed by atoms with Crippen molar-refractivity contribution in [1.82, 2.24) is 4.98 Å². The van der Waals surface area contributed by atoms with Crippen molar-refractivity contribution in [3.63, 3.8) is 0 Å². The number of hydrogen-bond donors (Lipinski definition) is 0. The fourth-order valence-corrected chi connectivity index (χ4v) is 0.804. The van der Waals surface area contributed by atoms with Crippen LogP contribution in [0.15, 0.2) is 29.1 Å². The van der Waals surface area contributed by atoms with Crippen molar-refractivity contribution >= 4 is 17.8 Å². The monoisotopic (exact) mass is 117 g/mol. The van der Waals surface area contributed by atoms with Crippen LogP contribution in [0.5, 0.6) is 0 Å². The van der Waals surface area contributed by atoms with Crippen LogP contribution in [0.25, 0.3) is 10.7 Å². The van der Waals surface area contributed by atoms with Crippen LogP contribution in [0.1, 0.15) is 0 Å². The van der Waals surface area contributed by atoms with Crippen LogP contribution in [0.2, 0.25) is 0 Å². The van der Waals surface area contributed by atoms with Gasteiger partial charge in [0.15, 0.2) is 0 Å². The molecule has 0 aromatic carbocycles. The molecule has 0 aliphatic heterocycles. The fourth-order valence-electron chi connectivity index (χ4n) is 0.804. The van der Waals surface area contributed by atoms with E-state index in [1.54, 1.807) is 25.8 Å². The molecule has 2 heterocycles. The van der Waals surface area contributed by atoms with Gasteiger partial charge in [0.05, 0.1) is 0 Å². The van der Waals surface area contributed by atoms with Gasteiger partial charge >= 0.3 is 51.8 Å². The van der Waals surface area contributed by atoms with Gasteiger partial charge in [0.1, 0.15) is 0 Å². The average molecular weight is 117 g/mol. The first-order valence-corrected chi connectivity index (χ1v) is 2.73. The Morgan fingerprint density at radius 3 is 3.44 bits per heavy atom. The van der Waals surface area contributed by atoms with E-state index in [9.17, 15) is 0 Å². The molecular weight excluding hydrogens is 113 g/mol. The molecule has 9 heavy (non-hydrogen) atoms. The van der Waals surface area contributed by atoms with Crippen molar-refractivity contribution in [3.8, 4) is 0 Å². The molecule has 0 bridgehead atoms. The van der Waals surface area contributed by atoms with E-state index in [2.05, 4.69) is 4.98 Å². The van der Waals surface area contributed by atoms with Crippen LogP contribution in [0, 0.1) is 0 Å². The molecule has 0 atom stereocenters. The van der Waals surface area contributed by atoms with Gasteiger partial charge in [-0.15, -0.1) is 0 Å². The van der Waals surface area contributed by atoms with Crippen molar-refractivity contribution in [2.24, 2.45) is 0 Å². The summed E-state index contributed by atoms with van der Waals surface area (Å²) in [5, 5.41) is 2.16. The van der Waals surface area contributed by atoms with Gasteiger partial charge < -0.3 is 0 Å². The molecule has 2 aromatic rings. The molecule has 3 heteroatoms. The van der Waals surface area contributed by atoms with E-state index >= 15 is 0 Å². The molecule has 2 rings (SSSR count). The fraction of sp³-hybridized carbons (Fsp3) is 0. The van der Waals surface area contributed by atoms with Gasteiger partial charge in [-0.2, -0.15) is 0 Å². The van der Waals surface area contributed by atoms with Crippen LogP contribution >= 0.6 is 0 Å². The van der Waals surface area contributed by atoms with E-state index in [0.717, 1.165) is 10.7 Å². The summed E-state index contributed by atoms with van der Waals surface area (Å²) in [7, 11) is 1.71. The summed E-state index contributed by atoms with van der Waals surface area (Å²) in [6.07, 6.45) is 5.21. The van der Waals surface area contributed by atoms with E-state index in [1.807, 2.05) is 6.07 Å². The molecule has 0 saturated carbocycles. The molecular formula is C6H4BNO. The molecule has 0 unspecified atom stereocenters. The van der Waals surface area contributed by atoms with Gasteiger partial charge in [0.25, 0.3) is 0 Å². The summed E-state index contributed by atoms with van der Waals surface area (Å²) in [5.74, 6) is 0. The van der Waals surface area contributed by atoms with Crippen LogP contribution in [0.3, 0.4) is 0 Å². The minimum atomic E-state index is 1.05. The Kier molecular flexibility index (Phi) is 0.888. The average Bonchev–Trinajstić information content (AvgIpc) is 2.33. The van der Waals surface area contributed by atoms with E-state index < -0.39 is 0 Å². The molecule has 0 spiro atoms. The van der Waals surface area contributed by atoms with Crippen LogP contribution < -0.4 is 0 Å². The zero-order valence-corrected chi connectivity index (χ0v) is 4.74. The Bertz CT molecular complexity index is 287. The molecule has 0 fully saturated rings. The Morgan fingerprint density at radius 2 is 2.56 bits per heavy atom. The van der Waals surface area contributed by atoms with Gasteiger partial charge in [-0.25, -0.2) is 0 Å². The molecule has 0 N–H and O–H groups in total. The van der Waals surface area contributed by atoms with Crippen molar-refractivity contribution in [2.45, 2.75) is 0 Å². The number of fused-ring (bicyclic) bond motifs is 1. The number of nitrogens with zero attached hydrogens (tertiary/aromatic N) is 1. The molecule has 0 aliphatic carbocycles. The summed E-state index contributed by atoms with van der Waals surface area (Å²) in [6.45, 7) is 0. The first-order chi connectivity index (χ1) is 4.47. The molecule has 0 aliphatic rings. The third kappa shape index (κ3) is 0.651. The molecule has 2 nitrogen and oxygen atoms in total. The third-order valence-electron chi connectivity index (χ3n) is 1.28. The standard InChI is InChI=1S/C6H4BNO/c1-2-8-3-5-4-9-7-6(1)5/h1-4H. The number of aromatic nitrogens is 1. The van der Waals surface area contributed by atoms with Crippen molar-refractivity contribution < 1.29 is 4.33 Å². The van der Waals surface area contributed by atoms with E-state index in [0.29, 0.717) is 0 Å². The Labute approximate surface area is 52.8 Å². The van der Waals surface area contributed by atoms with Gasteiger partial charge in [-0.3, -0.25) is 0 Å². The van der Waals surface area contributed by atoms with Gasteiger partial charge in [-0.1, -0.05) is 0 Å². The van der Waals surface area contributed by atoms with Crippen molar-refractivity contribution in [2.75, 3.05) is 0 Å². The number of hydrogen-bond acceptors (Lipinski definition) is 2. The Balaban J connectivity index is 2.95. The SMILES string of the molecule is b1occ2cnccc12. The topological polar surface area (TPSA) is 26.0 Å². The first kappa shape index (κ1) is 4.73. The predicted molar refractivity (Wildman–Crippen MR) is 35.4 cm³/mol. The minimum absolute atomic E-state index is 1.05. The second-order valence-corrected chi connectivity index (χ2v) is 1.88.